The molecule has 0 rings (SSSR count). The van der Waals surface area contributed by atoms with E-state index in [1.165, 1.54) is 6.42 Å². The van der Waals surface area contributed by atoms with Gasteiger partial charge in [0.1, 0.15) is 0 Å². The molecule has 0 N–H and O–H groups in total. The Hall–Kier alpha value is 1.35. The maximum Gasteiger partial charge on any atom is 0 e. The van der Waals surface area contributed by atoms with Crippen LogP contribution in [-0.4, -0.2) is 0 Å². The zero-order chi connectivity index (χ0) is 3.41. The molecule has 0 spiro atoms. The van der Waals surface area contributed by atoms with Crippen LogP contribution in [0.3, 0.4) is 0 Å². The molecule has 0 aliphatic rings. The Kier molecular flexibility index (Phi) is 42.3. The topological polar surface area (TPSA) is 0 Å². The fourth-order valence-electron chi connectivity index (χ4n) is 0. The minimum atomic E-state index is 0. The van der Waals surface area contributed by atoms with Gasteiger partial charge in [-0.1, -0.05) is 26.7 Å². The summed E-state index contributed by atoms with van der Waals surface area (Å²) in [6, 6.07) is 0. The van der Waals surface area contributed by atoms with Crippen molar-refractivity contribution in [2.24, 2.45) is 0 Å². The van der Waals surface area contributed by atoms with Crippen molar-refractivity contribution in [1.82, 2.24) is 0 Å². The Morgan fingerprint density at radius 3 is 1.67 bits per heavy atom. The van der Waals surface area contributed by atoms with Crippen molar-refractivity contribution < 1.29 is 43.5 Å². The summed E-state index contributed by atoms with van der Waals surface area (Å²) in [5.74, 6) is 0. The van der Waals surface area contributed by atoms with Crippen LogP contribution in [0, 0.1) is 6.92 Å². The van der Waals surface area contributed by atoms with Crippen LogP contribution in [0.25, 0.3) is 0 Å². The molecule has 0 heterocycles. The molecule has 0 aromatic heterocycles. The molecule has 0 nitrogen and oxygen atoms in total. The van der Waals surface area contributed by atoms with Gasteiger partial charge >= 0.3 is 0 Å². The van der Waals surface area contributed by atoms with Gasteiger partial charge in [0.25, 0.3) is 0 Å². The number of unbranched alkanes of at least 4 members (excludes halogenated alkanes) is 1. The summed E-state index contributed by atoms with van der Waals surface area (Å²) in [4.78, 5) is 0. The first kappa shape index (κ1) is 15.7. The summed E-state index contributed by atoms with van der Waals surface area (Å²) >= 11 is 0. The van der Waals surface area contributed by atoms with Crippen molar-refractivity contribution in [2.45, 2.75) is 19.8 Å². The summed E-state index contributed by atoms with van der Waals surface area (Å²) < 4.78 is 0. The average molecular weight is 249 g/mol. The molecule has 0 atom stereocenters. The largest absolute Gasteiger partial charge is 1.00 e. The fraction of sp³-hybridized carbons (Fsp3) is 0.750. The van der Waals surface area contributed by atoms with Gasteiger partial charge in [0.05, 0.1) is 0 Å². The Bertz CT molecular complexity index is 9.51. The van der Waals surface area contributed by atoms with Gasteiger partial charge in [-0.15, -0.1) is 0 Å². The van der Waals surface area contributed by atoms with Crippen molar-refractivity contribution in [3.05, 3.63) is 6.92 Å². The zero-order valence-electron chi connectivity index (χ0n) is 4.21. The molecular formula is C4H9IZn-. The molecule has 0 saturated heterocycles. The molecule has 0 aliphatic carbocycles. The van der Waals surface area contributed by atoms with Crippen LogP contribution in [0.2, 0.25) is 0 Å². The fourth-order valence-corrected chi connectivity index (χ4v) is 0. The van der Waals surface area contributed by atoms with Crippen LogP contribution in [-0.2, 0) is 19.5 Å². The standard InChI is InChI=1S/C4H9.HI.Zn/c1-3-4-2;;/h1,3-4H2,2H3;1H;/p-1. The molecule has 0 aromatic rings. The van der Waals surface area contributed by atoms with Gasteiger partial charge < -0.3 is 24.0 Å². The summed E-state index contributed by atoms with van der Waals surface area (Å²) in [6.45, 7) is 5.72. The smallest absolute Gasteiger partial charge is 0 e. The number of hydrogen-bond acceptors (Lipinski definition) is 0. The molecule has 0 amide bonds. The third-order valence-corrected chi connectivity index (χ3v) is 0.354. The second-order valence-corrected chi connectivity index (χ2v) is 0.854. The van der Waals surface area contributed by atoms with Gasteiger partial charge in [0, 0.05) is 19.5 Å². The monoisotopic (exact) mass is 248 g/mol. The molecule has 35 valence electrons. The molecular weight excluding hydrogens is 240 g/mol. The Morgan fingerprint density at radius 2 is 1.67 bits per heavy atom. The van der Waals surface area contributed by atoms with Crippen LogP contribution < -0.4 is 24.0 Å². The van der Waals surface area contributed by atoms with E-state index in [9.17, 15) is 0 Å². The molecule has 0 saturated carbocycles. The third kappa shape index (κ3) is 18.3. The third-order valence-electron chi connectivity index (χ3n) is 0.354. The van der Waals surface area contributed by atoms with Crippen molar-refractivity contribution in [3.63, 3.8) is 0 Å². The molecule has 0 aliphatic heterocycles. The minimum Gasteiger partial charge on any atom is -1.00 e. The Labute approximate surface area is 69.9 Å². The summed E-state index contributed by atoms with van der Waals surface area (Å²) in [5, 5.41) is 0. The van der Waals surface area contributed by atoms with Crippen LogP contribution in [0.15, 0.2) is 0 Å². The van der Waals surface area contributed by atoms with E-state index in [2.05, 4.69) is 13.8 Å². The van der Waals surface area contributed by atoms with Crippen LogP contribution in [0.1, 0.15) is 19.8 Å². The first-order valence-corrected chi connectivity index (χ1v) is 1.71. The maximum absolute atomic E-state index is 3.60. The Balaban J connectivity index is -0.0000000450. The summed E-state index contributed by atoms with van der Waals surface area (Å²) in [7, 11) is 0. The molecule has 6 heavy (non-hydrogen) atoms. The van der Waals surface area contributed by atoms with Gasteiger partial charge in [0.15, 0.2) is 0 Å². The normalized spacial score (nSPS) is 5.00. The van der Waals surface area contributed by atoms with E-state index in [1.54, 1.807) is 0 Å². The minimum absolute atomic E-state index is 0. The zero-order valence-corrected chi connectivity index (χ0v) is 9.33. The SMILES string of the molecule is [CH2]CCC.[I-].[Zn]. The molecule has 0 bridgehead atoms. The van der Waals surface area contributed by atoms with Crippen molar-refractivity contribution in [2.75, 3.05) is 0 Å². The van der Waals surface area contributed by atoms with Gasteiger partial charge in [-0.05, 0) is 0 Å². The molecule has 0 aromatic carbocycles. The van der Waals surface area contributed by atoms with Gasteiger partial charge in [-0.2, -0.15) is 0 Å². The van der Waals surface area contributed by atoms with Crippen LogP contribution >= 0.6 is 0 Å². The molecule has 0 unspecified atom stereocenters. The van der Waals surface area contributed by atoms with E-state index in [0.717, 1.165) is 6.42 Å². The van der Waals surface area contributed by atoms with E-state index in [4.69, 9.17) is 0 Å². The van der Waals surface area contributed by atoms with Crippen molar-refractivity contribution in [3.8, 4) is 0 Å². The predicted octanol–water partition coefficient (Wildman–Crippen LogP) is -1.38. The second kappa shape index (κ2) is 16.2. The summed E-state index contributed by atoms with van der Waals surface area (Å²) in [6.07, 6.45) is 2.28. The predicted molar refractivity (Wildman–Crippen MR) is 20.3 cm³/mol. The van der Waals surface area contributed by atoms with Crippen LogP contribution in [0.5, 0.6) is 0 Å². The van der Waals surface area contributed by atoms with E-state index >= 15 is 0 Å². The van der Waals surface area contributed by atoms with Gasteiger partial charge in [-0.25, -0.2) is 0 Å². The number of halogens is 1. The molecule has 0 fully saturated rings. The molecule has 1 radical (unpaired) electrons. The first-order chi connectivity index (χ1) is 1.91. The van der Waals surface area contributed by atoms with Gasteiger partial charge in [0.2, 0.25) is 0 Å². The maximum atomic E-state index is 3.60. The van der Waals surface area contributed by atoms with E-state index < -0.39 is 0 Å². The number of hydrogen-bond donors (Lipinski definition) is 0. The van der Waals surface area contributed by atoms with E-state index in [0.29, 0.717) is 0 Å². The summed E-state index contributed by atoms with van der Waals surface area (Å²) in [5.41, 5.74) is 0. The van der Waals surface area contributed by atoms with Crippen molar-refractivity contribution >= 4 is 0 Å². The Morgan fingerprint density at radius 1 is 1.50 bits per heavy atom. The van der Waals surface area contributed by atoms with Gasteiger partial charge in [-0.3, -0.25) is 0 Å². The second-order valence-electron chi connectivity index (χ2n) is 0.854. The molecule has 2 heteroatoms. The average Bonchev–Trinajstić information content (AvgIpc) is 1.37. The number of rotatable bonds is 1. The van der Waals surface area contributed by atoms with Crippen molar-refractivity contribution in [1.29, 1.82) is 0 Å². The van der Waals surface area contributed by atoms with E-state index in [1.807, 2.05) is 0 Å². The van der Waals surface area contributed by atoms with E-state index in [-0.39, 0.29) is 43.5 Å². The quantitative estimate of drug-likeness (QED) is 0.397. The van der Waals surface area contributed by atoms with Crippen LogP contribution in [0.4, 0.5) is 0 Å². The first-order valence-electron chi connectivity index (χ1n) is 1.71.